The summed E-state index contributed by atoms with van der Waals surface area (Å²) in [4.78, 5) is 13.6. The van der Waals surface area contributed by atoms with Crippen molar-refractivity contribution in [1.29, 1.82) is 0 Å². The van der Waals surface area contributed by atoms with Crippen molar-refractivity contribution >= 4 is 69.7 Å². The molecule has 0 unspecified atom stereocenters. The van der Waals surface area contributed by atoms with Crippen LogP contribution in [0.1, 0.15) is 88.0 Å². The van der Waals surface area contributed by atoms with Crippen molar-refractivity contribution in [3.63, 3.8) is 0 Å². The molecule has 5 heterocycles. The second-order valence-corrected chi connectivity index (χ2v) is 16.8. The smallest absolute Gasteiger partial charge is 0.399 e. The van der Waals surface area contributed by atoms with Gasteiger partial charge in [-0.25, -0.2) is 0 Å². The normalized spacial score (nSPS) is 21.0. The largest absolute Gasteiger partial charge is 0.496 e. The summed E-state index contributed by atoms with van der Waals surface area (Å²) in [5.74, 6) is 0. The molecule has 0 saturated carbocycles. The molecule has 12 heteroatoms. The summed E-state index contributed by atoms with van der Waals surface area (Å²) in [5, 5.41) is 1.53. The fraction of sp³-hybridized carbons (Fsp3) is 0.450. The summed E-state index contributed by atoms with van der Waals surface area (Å²) in [6.07, 6.45) is 8.77. The van der Waals surface area contributed by atoms with E-state index in [9.17, 15) is 0 Å². The van der Waals surface area contributed by atoms with Crippen LogP contribution in [0.3, 0.4) is 0 Å². The monoisotopic (exact) mass is 856 g/mol. The van der Waals surface area contributed by atoms with Gasteiger partial charge >= 0.3 is 7.12 Å². The molecule has 3 aliphatic rings. The van der Waals surface area contributed by atoms with Crippen LogP contribution in [0.5, 0.6) is 0 Å². The summed E-state index contributed by atoms with van der Waals surface area (Å²) in [5.41, 5.74) is 20.1. The van der Waals surface area contributed by atoms with Crippen molar-refractivity contribution in [2.24, 2.45) is 0 Å². The van der Waals surface area contributed by atoms with Crippen LogP contribution in [0.4, 0.5) is 11.4 Å². The van der Waals surface area contributed by atoms with E-state index in [4.69, 9.17) is 44.0 Å². The molecule has 7 rings (SSSR count). The highest BCUT2D eigenvalue weighted by atomic mass is 127. The van der Waals surface area contributed by atoms with E-state index in [-0.39, 0.29) is 18.3 Å². The number of nitrogens with two attached hydrogens (primary N) is 2. The first-order valence-corrected chi connectivity index (χ1v) is 19.8. The number of anilines is 2. The van der Waals surface area contributed by atoms with Gasteiger partial charge in [0.2, 0.25) is 0 Å². The van der Waals surface area contributed by atoms with Crippen molar-refractivity contribution in [2.45, 2.75) is 90.5 Å². The molecule has 3 aliphatic heterocycles. The second kappa shape index (κ2) is 16.9. The molecular formula is C40H52BCl2IN6O2. The summed E-state index contributed by atoms with van der Waals surface area (Å²) >= 11 is 15.1. The lowest BCUT2D eigenvalue weighted by molar-refractivity contribution is 0.00578. The highest BCUT2D eigenvalue weighted by Gasteiger charge is 2.52. The maximum atomic E-state index is 6.59. The maximum Gasteiger partial charge on any atom is 0.496 e. The number of aromatic nitrogens is 2. The van der Waals surface area contributed by atoms with E-state index in [1.807, 2.05) is 102 Å². The number of para-hydroxylation sites is 2. The zero-order valence-electron chi connectivity index (χ0n) is 31.6. The molecule has 0 bridgehead atoms. The Morgan fingerprint density at radius 3 is 1.75 bits per heavy atom. The number of aryl methyl sites for hydroxylation is 2. The van der Waals surface area contributed by atoms with Crippen molar-refractivity contribution in [1.82, 2.24) is 19.8 Å². The number of nitrogens with zero attached hydrogens (tertiary/aromatic N) is 4. The van der Waals surface area contributed by atoms with Gasteiger partial charge in [0.25, 0.3) is 0 Å². The predicted molar refractivity (Wildman–Crippen MR) is 226 cm³/mol. The molecule has 3 fully saturated rings. The Kier molecular flexibility index (Phi) is 13.3. The van der Waals surface area contributed by atoms with Crippen molar-refractivity contribution in [3.05, 3.63) is 97.1 Å². The van der Waals surface area contributed by atoms with Crippen molar-refractivity contribution in [2.75, 3.05) is 38.7 Å². The number of hydrogen-bond donors (Lipinski definition) is 2. The number of nitrogen functional groups attached to an aromatic ring is 2. The first-order chi connectivity index (χ1) is 24.5. The third-order valence-electron chi connectivity index (χ3n) is 10.9. The van der Waals surface area contributed by atoms with Crippen LogP contribution in [-0.2, 0) is 9.31 Å². The Hall–Kier alpha value is -2.45. The number of hydrogen-bond acceptors (Lipinski definition) is 8. The Morgan fingerprint density at radius 1 is 0.750 bits per heavy atom. The average molecular weight is 858 g/mol. The summed E-state index contributed by atoms with van der Waals surface area (Å²) in [6, 6.07) is 16.4. The first kappa shape index (κ1) is 40.7. The van der Waals surface area contributed by atoms with Gasteiger partial charge in [0.1, 0.15) is 0 Å². The molecule has 52 heavy (non-hydrogen) atoms. The SMILES string of the molecule is CC1(C)OB(c2ccccc2N)OC1(C)C.Cc1ncc([C@@H]2CCCN2C)c(-c2ccccc2N)c1Cl.Cc1ncc([C@@H]2CCCN2C)c(I)c1Cl. The van der Waals surface area contributed by atoms with Crippen LogP contribution in [0, 0.1) is 17.4 Å². The van der Waals surface area contributed by atoms with E-state index in [0.717, 1.165) is 51.7 Å². The molecule has 0 amide bonds. The lowest BCUT2D eigenvalue weighted by atomic mass is 9.78. The van der Waals surface area contributed by atoms with Gasteiger partial charge in [-0.1, -0.05) is 59.6 Å². The Balaban J connectivity index is 0.000000154. The minimum absolute atomic E-state index is 0.319. The van der Waals surface area contributed by atoms with Gasteiger partial charge in [-0.15, -0.1) is 0 Å². The lowest BCUT2D eigenvalue weighted by Crippen LogP contribution is -2.41. The van der Waals surface area contributed by atoms with Gasteiger partial charge in [-0.2, -0.15) is 0 Å². The average Bonchev–Trinajstić information content (AvgIpc) is 3.78. The summed E-state index contributed by atoms with van der Waals surface area (Å²) < 4.78 is 13.0. The Labute approximate surface area is 334 Å². The first-order valence-electron chi connectivity index (χ1n) is 17.9. The van der Waals surface area contributed by atoms with Gasteiger partial charge < -0.3 is 20.8 Å². The van der Waals surface area contributed by atoms with Gasteiger partial charge in [0.05, 0.1) is 32.6 Å². The van der Waals surface area contributed by atoms with Crippen molar-refractivity contribution in [3.8, 4) is 11.1 Å². The zero-order chi connectivity index (χ0) is 38.0. The van der Waals surface area contributed by atoms with Crippen LogP contribution in [-0.4, -0.2) is 65.3 Å². The van der Waals surface area contributed by atoms with E-state index in [0.29, 0.717) is 22.8 Å². The summed E-state index contributed by atoms with van der Waals surface area (Å²) in [7, 11) is 3.96. The quantitative estimate of drug-likeness (QED) is 0.119. The van der Waals surface area contributed by atoms with Gasteiger partial charge in [0.15, 0.2) is 0 Å². The zero-order valence-corrected chi connectivity index (χ0v) is 35.3. The molecule has 8 nitrogen and oxygen atoms in total. The molecule has 2 aromatic carbocycles. The standard InChI is InChI=1S/C17H20ClN3.C12H18BNO2.C11H14ClIN2/c1-11-17(18)16(12-6-3-4-7-14(12)19)13(10-20-11)15-8-5-9-21(15)2;1-11(2)12(3,4)16-13(15-11)9-7-5-6-8-10(9)14;1-7-10(12)11(13)8(6-14-7)9-4-3-5-15(9)2/h3-4,6-7,10,15H,5,8-9,19H2,1-2H3;5-8H,14H2,1-4H3;6,9H,3-5H2,1-2H3/t15-;;9-/m0.0/s1. The minimum Gasteiger partial charge on any atom is -0.399 e. The maximum absolute atomic E-state index is 6.59. The van der Waals surface area contributed by atoms with E-state index >= 15 is 0 Å². The third-order valence-corrected chi connectivity index (χ3v) is 13.3. The van der Waals surface area contributed by atoms with Crippen LogP contribution in [0.2, 0.25) is 10.0 Å². The van der Waals surface area contributed by atoms with E-state index < -0.39 is 0 Å². The highest BCUT2D eigenvalue weighted by Crippen LogP contribution is 2.43. The van der Waals surface area contributed by atoms with Crippen LogP contribution >= 0.6 is 45.8 Å². The molecule has 0 radical (unpaired) electrons. The fourth-order valence-corrected chi connectivity index (χ4v) is 8.25. The lowest BCUT2D eigenvalue weighted by Gasteiger charge is -2.32. The number of pyridine rings is 2. The molecule has 0 aliphatic carbocycles. The van der Waals surface area contributed by atoms with Gasteiger partial charge in [0, 0.05) is 61.6 Å². The number of rotatable bonds is 4. The molecule has 3 saturated heterocycles. The van der Waals surface area contributed by atoms with Crippen molar-refractivity contribution < 1.29 is 9.31 Å². The molecule has 2 atom stereocenters. The highest BCUT2D eigenvalue weighted by molar-refractivity contribution is 14.1. The third kappa shape index (κ3) is 8.75. The molecule has 4 aromatic rings. The van der Waals surface area contributed by atoms with Crippen LogP contribution in [0.15, 0.2) is 60.9 Å². The predicted octanol–water partition coefficient (Wildman–Crippen LogP) is 9.04. The minimum atomic E-state index is -0.369. The summed E-state index contributed by atoms with van der Waals surface area (Å²) in [6.45, 7) is 14.3. The van der Waals surface area contributed by atoms with E-state index in [2.05, 4.69) is 56.5 Å². The van der Waals surface area contributed by atoms with E-state index in [1.54, 1.807) is 0 Å². The van der Waals surface area contributed by atoms with Crippen LogP contribution in [0.25, 0.3) is 11.1 Å². The number of halogens is 3. The van der Waals surface area contributed by atoms with Gasteiger partial charge in [-0.05, 0) is 135 Å². The fourth-order valence-electron chi connectivity index (χ4n) is 6.95. The van der Waals surface area contributed by atoms with Crippen LogP contribution < -0.4 is 16.9 Å². The van der Waals surface area contributed by atoms with E-state index in [1.165, 1.54) is 40.5 Å². The number of benzene rings is 2. The Morgan fingerprint density at radius 2 is 1.23 bits per heavy atom. The topological polar surface area (TPSA) is 103 Å². The molecule has 0 spiro atoms. The molecule has 4 N–H and O–H groups in total. The molecular weight excluding hydrogens is 805 g/mol. The molecule has 278 valence electrons. The molecule has 2 aromatic heterocycles. The second-order valence-electron chi connectivity index (χ2n) is 15.0. The Bertz CT molecular complexity index is 1860. The van der Waals surface area contributed by atoms with Gasteiger partial charge in [-0.3, -0.25) is 19.8 Å². The number of likely N-dealkylation sites (tertiary alicyclic amines) is 2.